The van der Waals surface area contributed by atoms with E-state index in [4.69, 9.17) is 5.26 Å². The zero-order chi connectivity index (χ0) is 14.8. The lowest BCUT2D eigenvalue weighted by atomic mass is 10.0. The Morgan fingerprint density at radius 2 is 2.20 bits per heavy atom. The number of nitriles is 1. The Morgan fingerprint density at radius 3 is 2.75 bits per heavy atom. The molecule has 5 nitrogen and oxygen atoms in total. The lowest BCUT2D eigenvalue weighted by molar-refractivity contribution is -0.141. The number of nitrogens with zero attached hydrogens (tertiary/aromatic N) is 2. The van der Waals surface area contributed by atoms with Gasteiger partial charge in [-0.1, -0.05) is 20.3 Å². The van der Waals surface area contributed by atoms with E-state index in [1.54, 1.807) is 4.90 Å². The lowest BCUT2D eigenvalue weighted by Gasteiger charge is -2.27. The Labute approximate surface area is 120 Å². The largest absolute Gasteiger partial charge is 0.336 e. The summed E-state index contributed by atoms with van der Waals surface area (Å²) in [7, 11) is 0. The number of carbonyl (C=O) groups excluding carboxylic acids is 2. The van der Waals surface area contributed by atoms with Crippen molar-refractivity contribution in [3.63, 3.8) is 0 Å². The van der Waals surface area contributed by atoms with E-state index in [-0.39, 0.29) is 23.8 Å². The quantitative estimate of drug-likeness (QED) is 0.829. The summed E-state index contributed by atoms with van der Waals surface area (Å²) in [6.45, 7) is 4.64. The Kier molecular flexibility index (Phi) is 4.32. The number of nitrogens with one attached hydrogen (secondary N) is 1. The average molecular weight is 277 g/mol. The molecule has 0 radical (unpaired) electrons. The van der Waals surface area contributed by atoms with Crippen LogP contribution < -0.4 is 5.32 Å². The Balaban J connectivity index is 1.98. The van der Waals surface area contributed by atoms with Crippen molar-refractivity contribution < 1.29 is 9.59 Å². The number of likely N-dealkylation sites (tertiary alicyclic amines) is 1. The normalized spacial score (nSPS) is 24.9. The minimum atomic E-state index is -0.649. The van der Waals surface area contributed by atoms with Gasteiger partial charge < -0.3 is 10.2 Å². The van der Waals surface area contributed by atoms with Crippen LogP contribution in [0, 0.1) is 17.2 Å². The zero-order valence-corrected chi connectivity index (χ0v) is 12.3. The summed E-state index contributed by atoms with van der Waals surface area (Å²) < 4.78 is 0. The first kappa shape index (κ1) is 14.8. The molecule has 1 aliphatic carbocycles. The SMILES string of the molecule is CCCC(C)C(=O)N1CCCC1C(=O)NC1(C#N)CC1. The molecule has 0 spiro atoms. The second-order valence-electron chi connectivity index (χ2n) is 6.06. The molecule has 2 fully saturated rings. The van der Waals surface area contributed by atoms with Crippen LogP contribution in [0.15, 0.2) is 0 Å². The second-order valence-corrected chi connectivity index (χ2v) is 6.06. The highest BCUT2D eigenvalue weighted by Gasteiger charge is 2.47. The molecule has 2 amide bonds. The maximum Gasteiger partial charge on any atom is 0.244 e. The van der Waals surface area contributed by atoms with Crippen molar-refractivity contribution in [3.05, 3.63) is 0 Å². The van der Waals surface area contributed by atoms with Crippen molar-refractivity contribution in [2.45, 2.75) is 64.0 Å². The molecule has 0 bridgehead atoms. The van der Waals surface area contributed by atoms with Crippen LogP contribution in [-0.2, 0) is 9.59 Å². The average Bonchev–Trinajstić information content (AvgIpc) is 3.03. The fourth-order valence-electron chi connectivity index (χ4n) is 2.85. The summed E-state index contributed by atoms with van der Waals surface area (Å²) in [6, 6.07) is 1.78. The summed E-state index contributed by atoms with van der Waals surface area (Å²) in [5.74, 6) is -0.107. The molecule has 110 valence electrons. The minimum absolute atomic E-state index is 0.0285. The Hall–Kier alpha value is -1.57. The van der Waals surface area contributed by atoms with Gasteiger partial charge in [0, 0.05) is 12.5 Å². The van der Waals surface area contributed by atoms with Gasteiger partial charge in [0.1, 0.15) is 11.6 Å². The van der Waals surface area contributed by atoms with Gasteiger partial charge in [-0.05, 0) is 32.1 Å². The van der Waals surface area contributed by atoms with E-state index >= 15 is 0 Å². The molecule has 1 N–H and O–H groups in total. The van der Waals surface area contributed by atoms with E-state index in [0.717, 1.165) is 32.1 Å². The van der Waals surface area contributed by atoms with Crippen LogP contribution in [0.3, 0.4) is 0 Å². The predicted molar refractivity (Wildman–Crippen MR) is 74.5 cm³/mol. The van der Waals surface area contributed by atoms with Crippen LogP contribution >= 0.6 is 0 Å². The molecule has 0 aromatic carbocycles. The van der Waals surface area contributed by atoms with E-state index < -0.39 is 5.54 Å². The summed E-state index contributed by atoms with van der Waals surface area (Å²) in [5.41, 5.74) is -0.649. The van der Waals surface area contributed by atoms with E-state index in [9.17, 15) is 9.59 Å². The highest BCUT2D eigenvalue weighted by Crippen LogP contribution is 2.35. The number of carbonyl (C=O) groups is 2. The van der Waals surface area contributed by atoms with Crippen molar-refractivity contribution >= 4 is 11.8 Å². The monoisotopic (exact) mass is 277 g/mol. The van der Waals surface area contributed by atoms with E-state index in [0.29, 0.717) is 13.0 Å². The molecule has 1 saturated heterocycles. The summed E-state index contributed by atoms with van der Waals surface area (Å²) >= 11 is 0. The standard InChI is InChI=1S/C15H23N3O2/c1-3-5-11(2)14(20)18-9-4-6-12(18)13(19)17-15(10-16)7-8-15/h11-12H,3-9H2,1-2H3,(H,17,19). The summed E-state index contributed by atoms with van der Waals surface area (Å²) in [6.07, 6.45) is 4.84. The number of hydrogen-bond acceptors (Lipinski definition) is 3. The molecule has 0 aromatic heterocycles. The molecule has 20 heavy (non-hydrogen) atoms. The topological polar surface area (TPSA) is 73.2 Å². The summed E-state index contributed by atoms with van der Waals surface area (Å²) in [5, 5.41) is 11.9. The number of amides is 2. The Morgan fingerprint density at radius 1 is 1.50 bits per heavy atom. The molecule has 1 aliphatic heterocycles. The molecule has 2 aliphatic rings. The Bertz CT molecular complexity index is 437. The molecular formula is C15H23N3O2. The van der Waals surface area contributed by atoms with Gasteiger partial charge in [0.15, 0.2) is 0 Å². The van der Waals surface area contributed by atoms with Gasteiger partial charge in [0.05, 0.1) is 6.07 Å². The maximum absolute atomic E-state index is 12.4. The molecule has 2 atom stereocenters. The van der Waals surface area contributed by atoms with Gasteiger partial charge in [-0.15, -0.1) is 0 Å². The molecular weight excluding hydrogens is 254 g/mol. The molecule has 5 heteroatoms. The lowest BCUT2D eigenvalue weighted by Crippen LogP contribution is -2.50. The predicted octanol–water partition coefficient (Wildman–Crippen LogP) is 1.59. The van der Waals surface area contributed by atoms with Crippen molar-refractivity contribution in [3.8, 4) is 6.07 Å². The smallest absolute Gasteiger partial charge is 0.244 e. The van der Waals surface area contributed by atoms with Gasteiger partial charge in [-0.2, -0.15) is 5.26 Å². The fourth-order valence-corrected chi connectivity index (χ4v) is 2.85. The van der Waals surface area contributed by atoms with Crippen LogP contribution in [0.25, 0.3) is 0 Å². The van der Waals surface area contributed by atoms with Crippen molar-refractivity contribution in [2.24, 2.45) is 5.92 Å². The minimum Gasteiger partial charge on any atom is -0.336 e. The number of rotatable bonds is 5. The number of hydrogen-bond donors (Lipinski definition) is 1. The molecule has 1 heterocycles. The summed E-state index contributed by atoms with van der Waals surface area (Å²) in [4.78, 5) is 26.4. The van der Waals surface area contributed by atoms with Crippen molar-refractivity contribution in [1.82, 2.24) is 10.2 Å². The van der Waals surface area contributed by atoms with Gasteiger partial charge in [0.25, 0.3) is 0 Å². The van der Waals surface area contributed by atoms with Crippen LogP contribution in [0.2, 0.25) is 0 Å². The van der Waals surface area contributed by atoms with E-state index in [1.807, 2.05) is 6.92 Å². The first-order chi connectivity index (χ1) is 9.53. The zero-order valence-electron chi connectivity index (χ0n) is 12.3. The molecule has 2 rings (SSSR count). The third kappa shape index (κ3) is 2.95. The third-order valence-corrected chi connectivity index (χ3v) is 4.31. The highest BCUT2D eigenvalue weighted by molar-refractivity contribution is 5.89. The van der Waals surface area contributed by atoms with Gasteiger partial charge in [-0.25, -0.2) is 0 Å². The van der Waals surface area contributed by atoms with Crippen molar-refractivity contribution in [1.29, 1.82) is 5.26 Å². The van der Waals surface area contributed by atoms with Gasteiger partial charge >= 0.3 is 0 Å². The fraction of sp³-hybridized carbons (Fsp3) is 0.800. The first-order valence-electron chi connectivity index (χ1n) is 7.57. The second kappa shape index (κ2) is 5.82. The van der Waals surface area contributed by atoms with E-state index in [2.05, 4.69) is 18.3 Å². The van der Waals surface area contributed by atoms with Crippen LogP contribution in [-0.4, -0.2) is 34.8 Å². The third-order valence-electron chi connectivity index (χ3n) is 4.31. The first-order valence-corrected chi connectivity index (χ1v) is 7.57. The van der Waals surface area contributed by atoms with Crippen LogP contribution in [0.5, 0.6) is 0 Å². The molecule has 2 unspecified atom stereocenters. The maximum atomic E-state index is 12.4. The molecule has 1 saturated carbocycles. The van der Waals surface area contributed by atoms with Crippen LogP contribution in [0.4, 0.5) is 0 Å². The van der Waals surface area contributed by atoms with E-state index in [1.165, 1.54) is 0 Å². The highest BCUT2D eigenvalue weighted by atomic mass is 16.2. The van der Waals surface area contributed by atoms with Crippen LogP contribution in [0.1, 0.15) is 52.4 Å². The molecule has 0 aromatic rings. The van der Waals surface area contributed by atoms with Gasteiger partial charge in [0.2, 0.25) is 11.8 Å². The van der Waals surface area contributed by atoms with Crippen molar-refractivity contribution in [2.75, 3.05) is 6.54 Å². The van der Waals surface area contributed by atoms with Gasteiger partial charge in [-0.3, -0.25) is 9.59 Å².